The molecule has 0 unspecified atom stereocenters. The Kier molecular flexibility index (Phi) is 40.5. The fraction of sp³-hybridized carbons (Fsp3) is 0.750. The van der Waals surface area contributed by atoms with Crippen molar-refractivity contribution in [2.45, 2.75) is 95.3 Å². The maximum Gasteiger partial charge on any atom is 3.00 e. The van der Waals surface area contributed by atoms with Gasteiger partial charge in [0.2, 0.25) is 0 Å². The van der Waals surface area contributed by atoms with Crippen LogP contribution in [0.1, 0.15) is 34.6 Å². The minimum Gasteiger partial charge on any atom is -0.548 e. The average Bonchev–Trinajstić information content (AvgIpc) is 2.82. The van der Waals surface area contributed by atoms with Gasteiger partial charge in [0.1, 0.15) is 0 Å². The van der Waals surface area contributed by atoms with E-state index in [9.17, 15) is 49.5 Å². The van der Waals surface area contributed by atoms with Gasteiger partial charge in [0.15, 0.2) is 0 Å². The van der Waals surface area contributed by atoms with Crippen LogP contribution in [-0.4, -0.2) is 116 Å². The number of carbonyl (C=O) groups is 5. The van der Waals surface area contributed by atoms with Gasteiger partial charge in [0.05, 0.1) is 90.6 Å². The third-order valence-corrected chi connectivity index (χ3v) is 3.96. The standard InChI is InChI=1S/5C4H9NO3.Cr.Ni/c5*1-2(6)3(5)4(7)8;;/h5*2-3,6H,5H2,1H3,(H,7,8);;/q;;;;;+3;+2/p-5/t5*2-,3+;;/m11111../s1. The van der Waals surface area contributed by atoms with Crippen molar-refractivity contribution in [3.05, 3.63) is 0 Å². The number of aliphatic hydroxyl groups is 5. The van der Waals surface area contributed by atoms with Gasteiger partial charge in [0.25, 0.3) is 0 Å². The number of hydrogen-bond donors (Lipinski definition) is 10. The zero-order valence-corrected chi connectivity index (χ0v) is 25.5. The molecule has 0 aliphatic rings. The van der Waals surface area contributed by atoms with Crippen molar-refractivity contribution < 1.29 is 109 Å². The maximum absolute atomic E-state index is 9.74. The Labute approximate surface area is 262 Å². The van der Waals surface area contributed by atoms with Gasteiger partial charge in [0, 0.05) is 0 Å². The molecule has 1 radical (unpaired) electrons. The van der Waals surface area contributed by atoms with Crippen LogP contribution < -0.4 is 54.2 Å². The molecule has 0 aliphatic heterocycles. The largest absolute Gasteiger partial charge is 3.00 e. The Balaban J connectivity index is -0.0000000721. The van der Waals surface area contributed by atoms with Gasteiger partial charge in [-0.3, -0.25) is 0 Å². The van der Waals surface area contributed by atoms with E-state index in [1.807, 2.05) is 0 Å². The predicted molar refractivity (Wildman–Crippen MR) is 123 cm³/mol. The second-order valence-corrected chi connectivity index (χ2v) is 7.93. The number of nitrogens with two attached hydrogens (primary N) is 5. The molecule has 0 rings (SSSR count). The first-order valence-corrected chi connectivity index (χ1v) is 11.0. The summed E-state index contributed by atoms with van der Waals surface area (Å²) in [6.45, 7) is 6.46. The van der Waals surface area contributed by atoms with Crippen molar-refractivity contribution in [1.82, 2.24) is 0 Å². The van der Waals surface area contributed by atoms with Crippen LogP contribution >= 0.6 is 0 Å². The molecule has 0 spiro atoms. The van der Waals surface area contributed by atoms with Crippen molar-refractivity contribution in [1.29, 1.82) is 0 Å². The van der Waals surface area contributed by atoms with E-state index >= 15 is 0 Å². The van der Waals surface area contributed by atoms with Gasteiger partial charge in [-0.1, -0.05) is 0 Å². The molecule has 42 heavy (non-hydrogen) atoms. The third kappa shape index (κ3) is 36.0. The van der Waals surface area contributed by atoms with E-state index in [2.05, 4.69) is 0 Å². The van der Waals surface area contributed by atoms with Crippen LogP contribution in [0.15, 0.2) is 0 Å². The zero-order chi connectivity index (χ0) is 33.7. The molecule has 20 nitrogen and oxygen atoms in total. The fourth-order valence-electron chi connectivity index (χ4n) is 0.985. The molecule has 22 heteroatoms. The Morgan fingerprint density at radius 1 is 0.405 bits per heavy atom. The van der Waals surface area contributed by atoms with Crippen LogP contribution in [0.5, 0.6) is 0 Å². The topological polar surface area (TPSA) is 432 Å². The molecular weight excluding hydrogens is 661 g/mol. The van der Waals surface area contributed by atoms with Crippen molar-refractivity contribution in [3.63, 3.8) is 0 Å². The van der Waals surface area contributed by atoms with Crippen LogP contribution in [0, 0.1) is 0 Å². The first-order chi connectivity index (χ1) is 17.8. The van der Waals surface area contributed by atoms with Gasteiger partial charge < -0.3 is 104 Å². The third-order valence-electron chi connectivity index (χ3n) is 3.96. The van der Waals surface area contributed by atoms with Crippen LogP contribution in [0.2, 0.25) is 0 Å². The Hall–Kier alpha value is -2.02. The van der Waals surface area contributed by atoms with Crippen molar-refractivity contribution in [2.24, 2.45) is 28.7 Å². The number of carboxylic acid groups (broad SMARTS) is 5. The molecule has 15 N–H and O–H groups in total. The predicted octanol–water partition coefficient (Wildman–Crippen LogP) is -12.8. The van der Waals surface area contributed by atoms with Gasteiger partial charge in [-0.25, -0.2) is 0 Å². The molecule has 0 aromatic heterocycles. The van der Waals surface area contributed by atoms with Crippen LogP contribution in [0.4, 0.5) is 0 Å². The Morgan fingerprint density at radius 3 is 0.476 bits per heavy atom. The normalized spacial score (nSPS) is 16.5. The fourth-order valence-corrected chi connectivity index (χ4v) is 0.985. The van der Waals surface area contributed by atoms with Gasteiger partial charge in [-0.15, -0.1) is 0 Å². The molecule has 0 saturated heterocycles. The Bertz CT molecular complexity index is 609. The minimum atomic E-state index is -1.43. The summed E-state index contributed by atoms with van der Waals surface area (Å²) >= 11 is 0. The molecule has 0 bridgehead atoms. The second kappa shape index (κ2) is 30.4. The monoisotopic (exact) mass is 700 g/mol. The molecule has 0 amide bonds. The molecule has 0 heterocycles. The van der Waals surface area contributed by atoms with Crippen molar-refractivity contribution in [2.75, 3.05) is 0 Å². The number of carbonyl (C=O) groups excluding carboxylic acids is 5. The summed E-state index contributed by atoms with van der Waals surface area (Å²) in [7, 11) is 0. The first-order valence-electron chi connectivity index (χ1n) is 11.0. The number of aliphatic hydroxyl groups excluding tert-OH is 5. The number of hydrogen-bond acceptors (Lipinski definition) is 20. The first kappa shape index (κ1) is 55.8. The summed E-state index contributed by atoms with van der Waals surface area (Å²) in [4.78, 5) is 48.7. The van der Waals surface area contributed by atoms with E-state index in [-0.39, 0.29) is 33.9 Å². The molecule has 0 aliphatic carbocycles. The number of carboxylic acids is 5. The quantitative estimate of drug-likeness (QED) is 0.0945. The summed E-state index contributed by atoms with van der Waals surface area (Å²) in [6, 6.07) is -6.34. The van der Waals surface area contributed by atoms with Gasteiger partial charge in [-0.05, 0) is 34.6 Å². The van der Waals surface area contributed by atoms with Crippen molar-refractivity contribution >= 4 is 29.8 Å². The van der Waals surface area contributed by atoms with E-state index < -0.39 is 90.6 Å². The summed E-state index contributed by atoms with van der Waals surface area (Å²) in [5.41, 5.74) is 24.2. The van der Waals surface area contributed by atoms with E-state index in [0.29, 0.717) is 0 Å². The molecular formula is C20H40CrN5NiO15. The second-order valence-electron chi connectivity index (χ2n) is 7.93. The molecule has 251 valence electrons. The van der Waals surface area contributed by atoms with Gasteiger partial charge in [-0.2, -0.15) is 0 Å². The van der Waals surface area contributed by atoms with Crippen LogP contribution in [0.3, 0.4) is 0 Å². The number of aliphatic carboxylic acids is 5. The van der Waals surface area contributed by atoms with Crippen LogP contribution in [-0.2, 0) is 57.8 Å². The summed E-state index contributed by atoms with van der Waals surface area (Å²) in [5.74, 6) is -7.15. The Morgan fingerprint density at radius 2 is 0.476 bits per heavy atom. The number of rotatable bonds is 10. The maximum atomic E-state index is 9.74. The van der Waals surface area contributed by atoms with Crippen LogP contribution in [0.25, 0.3) is 0 Å². The SMILES string of the molecule is C[C@@H](O)[C@H](N)C(=O)[O-].C[C@@H](O)[C@H](N)C(=O)[O-].C[C@@H](O)[C@H](N)C(=O)[O-].C[C@@H](O)[C@H](N)C(=O)[O-].C[C@@H](O)[C@H](N)C(=O)[O-].[Cr+3].[Ni+2]. The summed E-state index contributed by atoms with van der Waals surface area (Å²) < 4.78 is 0. The summed E-state index contributed by atoms with van der Waals surface area (Å²) in [5, 5.41) is 91.0. The van der Waals surface area contributed by atoms with E-state index in [4.69, 9.17) is 54.2 Å². The molecule has 10 atom stereocenters. The van der Waals surface area contributed by atoms with E-state index in [1.165, 1.54) is 34.6 Å². The zero-order valence-electron chi connectivity index (χ0n) is 23.2. The smallest absolute Gasteiger partial charge is 0.548 e. The van der Waals surface area contributed by atoms with Gasteiger partial charge >= 0.3 is 33.9 Å². The molecule has 0 fully saturated rings. The summed E-state index contributed by atoms with van der Waals surface area (Å²) in [6.07, 6.45) is -5.21. The minimum absolute atomic E-state index is 0. The molecule has 0 saturated carbocycles. The average molecular weight is 701 g/mol. The van der Waals surface area contributed by atoms with Crippen molar-refractivity contribution in [3.8, 4) is 0 Å². The molecule has 0 aromatic carbocycles. The van der Waals surface area contributed by atoms with E-state index in [1.54, 1.807) is 0 Å². The van der Waals surface area contributed by atoms with E-state index in [0.717, 1.165) is 0 Å². The molecule has 0 aromatic rings.